The maximum absolute atomic E-state index is 5.94. The summed E-state index contributed by atoms with van der Waals surface area (Å²) in [7, 11) is 0. The van der Waals surface area contributed by atoms with Crippen molar-refractivity contribution in [2.75, 3.05) is 13.2 Å². The summed E-state index contributed by atoms with van der Waals surface area (Å²) in [5, 5.41) is 0. The van der Waals surface area contributed by atoms with Crippen LogP contribution in [0.5, 0.6) is 11.5 Å². The van der Waals surface area contributed by atoms with Crippen LogP contribution in [0.25, 0.3) is 0 Å². The highest BCUT2D eigenvalue weighted by Crippen LogP contribution is 2.37. The number of halogens is 1. The minimum atomic E-state index is 0.510. The average Bonchev–Trinajstić information content (AvgIpc) is 2.48. The monoisotopic (exact) mass is 349 g/mol. The van der Waals surface area contributed by atoms with Gasteiger partial charge < -0.3 is 15.2 Å². The van der Waals surface area contributed by atoms with Crippen molar-refractivity contribution >= 4 is 15.9 Å². The molecule has 2 aromatic carbocycles. The van der Waals surface area contributed by atoms with Crippen LogP contribution in [0.1, 0.15) is 18.1 Å². The number of hydrogen-bond acceptors (Lipinski definition) is 3. The summed E-state index contributed by atoms with van der Waals surface area (Å²) in [5.41, 5.74) is 7.88. The van der Waals surface area contributed by atoms with Crippen LogP contribution in [0.2, 0.25) is 0 Å². The van der Waals surface area contributed by atoms with Crippen molar-refractivity contribution < 1.29 is 9.47 Å². The molecule has 0 bridgehead atoms. The molecule has 0 radical (unpaired) electrons. The third kappa shape index (κ3) is 4.48. The number of benzene rings is 2. The Hall–Kier alpha value is -1.52. The molecule has 2 aromatic rings. The lowest BCUT2D eigenvalue weighted by molar-refractivity contribution is 0.267. The fourth-order valence-corrected chi connectivity index (χ4v) is 2.67. The van der Waals surface area contributed by atoms with E-state index in [1.807, 2.05) is 49.4 Å². The van der Waals surface area contributed by atoms with E-state index in [0.29, 0.717) is 19.8 Å². The van der Waals surface area contributed by atoms with E-state index in [-0.39, 0.29) is 0 Å². The molecule has 0 aliphatic heterocycles. The normalized spacial score (nSPS) is 10.4. The van der Waals surface area contributed by atoms with Crippen LogP contribution in [0, 0.1) is 0 Å². The molecule has 21 heavy (non-hydrogen) atoms. The van der Waals surface area contributed by atoms with Crippen LogP contribution in [-0.4, -0.2) is 13.2 Å². The highest BCUT2D eigenvalue weighted by Gasteiger charge is 2.12. The van der Waals surface area contributed by atoms with Gasteiger partial charge >= 0.3 is 0 Å². The van der Waals surface area contributed by atoms with Crippen LogP contribution in [-0.2, 0) is 13.0 Å². The topological polar surface area (TPSA) is 44.5 Å². The molecule has 0 amide bonds. The summed E-state index contributed by atoms with van der Waals surface area (Å²) >= 11 is 3.57. The second-order valence-corrected chi connectivity index (χ2v) is 5.51. The fraction of sp³-hybridized carbons (Fsp3) is 0.294. The molecule has 2 N–H and O–H groups in total. The van der Waals surface area contributed by atoms with Crippen molar-refractivity contribution in [2.24, 2.45) is 5.73 Å². The van der Waals surface area contributed by atoms with E-state index in [1.165, 1.54) is 0 Å². The number of rotatable bonds is 7. The lowest BCUT2D eigenvalue weighted by Crippen LogP contribution is -2.05. The Morgan fingerprint density at radius 3 is 2.48 bits per heavy atom. The summed E-state index contributed by atoms with van der Waals surface area (Å²) in [6.45, 7) is 3.68. The second-order valence-electron chi connectivity index (χ2n) is 4.65. The van der Waals surface area contributed by atoms with E-state index in [0.717, 1.165) is 33.5 Å². The molecule has 0 fully saturated rings. The number of hydrogen-bond donors (Lipinski definition) is 1. The molecule has 0 unspecified atom stereocenters. The van der Waals surface area contributed by atoms with Crippen molar-refractivity contribution in [1.29, 1.82) is 0 Å². The van der Waals surface area contributed by atoms with E-state index in [4.69, 9.17) is 15.2 Å². The molecule has 0 heterocycles. The Labute approximate surface area is 134 Å². The van der Waals surface area contributed by atoms with Crippen LogP contribution in [0.15, 0.2) is 46.9 Å². The van der Waals surface area contributed by atoms with Gasteiger partial charge in [0.1, 0.15) is 6.61 Å². The third-order valence-corrected chi connectivity index (χ3v) is 3.62. The van der Waals surface area contributed by atoms with Gasteiger partial charge in [0.2, 0.25) is 0 Å². The summed E-state index contributed by atoms with van der Waals surface area (Å²) < 4.78 is 12.5. The largest absolute Gasteiger partial charge is 0.490 e. The van der Waals surface area contributed by atoms with Gasteiger partial charge in [0.05, 0.1) is 11.1 Å². The molecule has 2 rings (SSSR count). The van der Waals surface area contributed by atoms with Crippen LogP contribution < -0.4 is 15.2 Å². The summed E-state index contributed by atoms with van der Waals surface area (Å²) in [5.74, 6) is 1.49. The molecular weight excluding hydrogens is 330 g/mol. The van der Waals surface area contributed by atoms with Crippen LogP contribution in [0.3, 0.4) is 0 Å². The summed E-state index contributed by atoms with van der Waals surface area (Å²) in [6.07, 6.45) is 0.817. The Balaban J connectivity index is 2.20. The van der Waals surface area contributed by atoms with Gasteiger partial charge in [-0.25, -0.2) is 0 Å². The SMILES string of the molecule is CCOc1cc(CCN)cc(Br)c1OCc1ccccc1. The van der Waals surface area contributed by atoms with Gasteiger partial charge in [-0.05, 0) is 59.1 Å². The van der Waals surface area contributed by atoms with Crippen molar-refractivity contribution in [1.82, 2.24) is 0 Å². The van der Waals surface area contributed by atoms with Crippen LogP contribution in [0.4, 0.5) is 0 Å². The van der Waals surface area contributed by atoms with E-state index < -0.39 is 0 Å². The van der Waals surface area contributed by atoms with Crippen molar-refractivity contribution in [2.45, 2.75) is 20.0 Å². The highest BCUT2D eigenvalue weighted by atomic mass is 79.9. The first-order chi connectivity index (χ1) is 10.2. The smallest absolute Gasteiger partial charge is 0.175 e. The Bertz CT molecular complexity index is 573. The van der Waals surface area contributed by atoms with Gasteiger partial charge in [-0.3, -0.25) is 0 Å². The van der Waals surface area contributed by atoms with E-state index in [9.17, 15) is 0 Å². The van der Waals surface area contributed by atoms with Gasteiger partial charge in [-0.2, -0.15) is 0 Å². The minimum absolute atomic E-state index is 0.510. The number of ether oxygens (including phenoxy) is 2. The molecule has 0 saturated heterocycles. The first-order valence-corrected chi connectivity index (χ1v) is 7.86. The Morgan fingerprint density at radius 2 is 1.81 bits per heavy atom. The first-order valence-electron chi connectivity index (χ1n) is 7.06. The highest BCUT2D eigenvalue weighted by molar-refractivity contribution is 9.10. The third-order valence-electron chi connectivity index (χ3n) is 3.03. The van der Waals surface area contributed by atoms with Gasteiger partial charge in [-0.1, -0.05) is 30.3 Å². The van der Waals surface area contributed by atoms with Gasteiger partial charge in [0.25, 0.3) is 0 Å². The molecule has 3 nitrogen and oxygen atoms in total. The minimum Gasteiger partial charge on any atom is -0.490 e. The fourth-order valence-electron chi connectivity index (χ4n) is 2.07. The molecule has 0 atom stereocenters. The molecule has 0 aromatic heterocycles. The average molecular weight is 350 g/mol. The molecule has 0 aliphatic carbocycles. The zero-order valence-electron chi connectivity index (χ0n) is 12.1. The zero-order chi connectivity index (χ0) is 15.1. The summed E-state index contributed by atoms with van der Waals surface area (Å²) in [4.78, 5) is 0. The number of nitrogens with two attached hydrogens (primary N) is 1. The summed E-state index contributed by atoms with van der Waals surface area (Å²) in [6, 6.07) is 14.1. The lowest BCUT2D eigenvalue weighted by atomic mass is 10.1. The van der Waals surface area contributed by atoms with Crippen molar-refractivity contribution in [3.05, 3.63) is 58.1 Å². The lowest BCUT2D eigenvalue weighted by Gasteiger charge is -2.15. The van der Waals surface area contributed by atoms with Crippen molar-refractivity contribution in [3.8, 4) is 11.5 Å². The van der Waals surface area contributed by atoms with E-state index in [1.54, 1.807) is 0 Å². The molecule has 0 spiro atoms. The van der Waals surface area contributed by atoms with Gasteiger partial charge in [-0.15, -0.1) is 0 Å². The Morgan fingerprint density at radius 1 is 1.05 bits per heavy atom. The molecule has 0 saturated carbocycles. The maximum Gasteiger partial charge on any atom is 0.175 e. The molecular formula is C17H20BrNO2. The molecule has 112 valence electrons. The maximum atomic E-state index is 5.94. The predicted molar refractivity (Wildman–Crippen MR) is 88.8 cm³/mol. The van der Waals surface area contributed by atoms with Crippen molar-refractivity contribution in [3.63, 3.8) is 0 Å². The zero-order valence-corrected chi connectivity index (χ0v) is 13.7. The quantitative estimate of drug-likeness (QED) is 0.823. The van der Waals surface area contributed by atoms with Crippen LogP contribution >= 0.6 is 15.9 Å². The first kappa shape index (κ1) is 15.9. The predicted octanol–water partition coefficient (Wildman–Crippen LogP) is 3.93. The standard InChI is InChI=1S/C17H20BrNO2/c1-2-20-16-11-14(8-9-19)10-15(18)17(16)21-12-13-6-4-3-5-7-13/h3-7,10-11H,2,8-9,12,19H2,1H3. The molecule has 0 aliphatic rings. The second kappa shape index (κ2) is 8.05. The molecule has 4 heteroatoms. The van der Waals surface area contributed by atoms with E-state index in [2.05, 4.69) is 15.9 Å². The van der Waals surface area contributed by atoms with Gasteiger partial charge in [0.15, 0.2) is 11.5 Å². The van der Waals surface area contributed by atoms with E-state index >= 15 is 0 Å². The Kier molecular flexibility index (Phi) is 6.08. The van der Waals surface area contributed by atoms with Gasteiger partial charge in [0, 0.05) is 0 Å².